The zero-order valence-corrected chi connectivity index (χ0v) is 8.85. The largest absolute Gasteiger partial charge is 0.336 e. The molecule has 4 heteroatoms. The van der Waals surface area contributed by atoms with Crippen LogP contribution in [0, 0.1) is 0 Å². The van der Waals surface area contributed by atoms with E-state index in [2.05, 4.69) is 21.5 Å². The Labute approximate surface area is 84.7 Å². The number of hydrogen-bond donors (Lipinski definition) is 1. The Morgan fingerprint density at radius 2 is 2.43 bits per heavy atom. The van der Waals surface area contributed by atoms with E-state index in [0.717, 1.165) is 6.04 Å². The van der Waals surface area contributed by atoms with Gasteiger partial charge in [-0.25, -0.2) is 4.98 Å². The van der Waals surface area contributed by atoms with Crippen LogP contribution in [-0.4, -0.2) is 34.1 Å². The van der Waals surface area contributed by atoms with E-state index in [9.17, 15) is 0 Å². The number of hydrogen-bond acceptors (Lipinski definition) is 3. The minimum atomic E-state index is 0.315. The van der Waals surface area contributed by atoms with Gasteiger partial charge in [-0.05, 0) is 19.9 Å². The SMILES string of the molecule is CN(C1CC1)C(CN)c1cncn1C. The molecule has 0 radical (unpaired) electrons. The molecule has 0 spiro atoms. The van der Waals surface area contributed by atoms with Crippen LogP contribution in [0.1, 0.15) is 24.6 Å². The average Bonchev–Trinajstić information content (AvgIpc) is 2.94. The Morgan fingerprint density at radius 1 is 1.71 bits per heavy atom. The Hall–Kier alpha value is -0.870. The lowest BCUT2D eigenvalue weighted by molar-refractivity contribution is 0.232. The molecule has 1 aliphatic carbocycles. The first-order valence-corrected chi connectivity index (χ1v) is 5.12. The highest BCUT2D eigenvalue weighted by atomic mass is 15.2. The lowest BCUT2D eigenvalue weighted by atomic mass is 10.2. The highest BCUT2D eigenvalue weighted by Gasteiger charge is 2.32. The molecule has 1 fully saturated rings. The van der Waals surface area contributed by atoms with Crippen LogP contribution in [-0.2, 0) is 7.05 Å². The van der Waals surface area contributed by atoms with Crippen molar-refractivity contribution in [1.82, 2.24) is 14.5 Å². The molecule has 0 aromatic carbocycles. The fourth-order valence-corrected chi connectivity index (χ4v) is 1.92. The van der Waals surface area contributed by atoms with Gasteiger partial charge in [0.1, 0.15) is 0 Å². The molecule has 1 saturated carbocycles. The Balaban J connectivity index is 2.16. The first-order chi connectivity index (χ1) is 6.74. The summed E-state index contributed by atoms with van der Waals surface area (Å²) in [5, 5.41) is 0. The molecule has 1 aliphatic rings. The third-order valence-electron chi connectivity index (χ3n) is 3.03. The van der Waals surface area contributed by atoms with Crippen LogP contribution in [0.15, 0.2) is 12.5 Å². The third-order valence-corrected chi connectivity index (χ3v) is 3.03. The maximum Gasteiger partial charge on any atom is 0.0946 e. The van der Waals surface area contributed by atoms with Crippen molar-refractivity contribution in [1.29, 1.82) is 0 Å². The summed E-state index contributed by atoms with van der Waals surface area (Å²) >= 11 is 0. The van der Waals surface area contributed by atoms with Crippen molar-refractivity contribution < 1.29 is 0 Å². The molecular formula is C10H18N4. The van der Waals surface area contributed by atoms with Gasteiger partial charge in [0.05, 0.1) is 18.1 Å². The Kier molecular flexibility index (Phi) is 2.56. The van der Waals surface area contributed by atoms with Crippen LogP contribution in [0.5, 0.6) is 0 Å². The van der Waals surface area contributed by atoms with E-state index in [1.165, 1.54) is 18.5 Å². The predicted octanol–water partition coefficient (Wildman–Crippen LogP) is 0.514. The van der Waals surface area contributed by atoms with E-state index in [1.54, 1.807) is 0 Å². The molecule has 1 atom stereocenters. The monoisotopic (exact) mass is 194 g/mol. The first-order valence-electron chi connectivity index (χ1n) is 5.12. The quantitative estimate of drug-likeness (QED) is 0.760. The summed E-state index contributed by atoms with van der Waals surface area (Å²) in [6.07, 6.45) is 6.37. The highest BCUT2D eigenvalue weighted by Crippen LogP contribution is 2.31. The van der Waals surface area contributed by atoms with Gasteiger partial charge in [-0.2, -0.15) is 0 Å². The molecular weight excluding hydrogens is 176 g/mol. The minimum Gasteiger partial charge on any atom is -0.336 e. The first kappa shape index (κ1) is 9.68. The Bertz CT molecular complexity index is 303. The molecule has 0 saturated heterocycles. The summed E-state index contributed by atoms with van der Waals surface area (Å²) < 4.78 is 2.05. The van der Waals surface area contributed by atoms with Crippen LogP contribution >= 0.6 is 0 Å². The normalized spacial score (nSPS) is 18.9. The summed E-state index contributed by atoms with van der Waals surface area (Å²) in [6, 6.07) is 1.05. The van der Waals surface area contributed by atoms with Gasteiger partial charge in [0.2, 0.25) is 0 Å². The topological polar surface area (TPSA) is 47.1 Å². The van der Waals surface area contributed by atoms with Crippen molar-refractivity contribution >= 4 is 0 Å². The van der Waals surface area contributed by atoms with Crippen LogP contribution in [0.4, 0.5) is 0 Å². The van der Waals surface area contributed by atoms with E-state index in [1.807, 2.05) is 19.6 Å². The second kappa shape index (κ2) is 3.71. The summed E-state index contributed by atoms with van der Waals surface area (Å²) in [6.45, 7) is 0.659. The van der Waals surface area contributed by atoms with Crippen LogP contribution in [0.3, 0.4) is 0 Å². The molecule has 1 unspecified atom stereocenters. The third kappa shape index (κ3) is 1.67. The predicted molar refractivity (Wildman–Crippen MR) is 55.8 cm³/mol. The van der Waals surface area contributed by atoms with Gasteiger partial charge >= 0.3 is 0 Å². The number of rotatable bonds is 4. The molecule has 0 aliphatic heterocycles. The maximum atomic E-state index is 5.82. The van der Waals surface area contributed by atoms with Gasteiger partial charge in [-0.15, -0.1) is 0 Å². The number of likely N-dealkylation sites (N-methyl/N-ethyl adjacent to an activating group) is 1. The molecule has 0 amide bonds. The van der Waals surface area contributed by atoms with Crippen molar-refractivity contribution in [3.63, 3.8) is 0 Å². The Morgan fingerprint density at radius 3 is 2.86 bits per heavy atom. The molecule has 78 valence electrons. The molecule has 1 aromatic rings. The number of imidazole rings is 1. The van der Waals surface area contributed by atoms with E-state index in [0.29, 0.717) is 12.6 Å². The van der Waals surface area contributed by atoms with Gasteiger partial charge in [0, 0.05) is 25.8 Å². The zero-order chi connectivity index (χ0) is 10.1. The lowest BCUT2D eigenvalue weighted by Gasteiger charge is -2.26. The van der Waals surface area contributed by atoms with E-state index in [4.69, 9.17) is 5.73 Å². The highest BCUT2D eigenvalue weighted by molar-refractivity contribution is 5.07. The molecule has 14 heavy (non-hydrogen) atoms. The summed E-state index contributed by atoms with van der Waals surface area (Å²) in [5.41, 5.74) is 7.03. The van der Waals surface area contributed by atoms with Crippen molar-refractivity contribution in [3.05, 3.63) is 18.2 Å². The number of aromatic nitrogens is 2. The second-order valence-electron chi connectivity index (χ2n) is 4.08. The summed E-state index contributed by atoms with van der Waals surface area (Å²) in [5.74, 6) is 0. The average molecular weight is 194 g/mol. The zero-order valence-electron chi connectivity index (χ0n) is 8.85. The van der Waals surface area contributed by atoms with E-state index in [-0.39, 0.29) is 0 Å². The maximum absolute atomic E-state index is 5.82. The van der Waals surface area contributed by atoms with Crippen molar-refractivity contribution in [2.75, 3.05) is 13.6 Å². The van der Waals surface area contributed by atoms with Gasteiger partial charge < -0.3 is 10.3 Å². The van der Waals surface area contributed by atoms with E-state index < -0.39 is 0 Å². The van der Waals surface area contributed by atoms with Gasteiger partial charge in [0.15, 0.2) is 0 Å². The number of nitrogens with two attached hydrogens (primary N) is 1. The minimum absolute atomic E-state index is 0.315. The van der Waals surface area contributed by atoms with Crippen LogP contribution < -0.4 is 5.73 Å². The molecule has 1 heterocycles. The molecule has 2 N–H and O–H groups in total. The lowest BCUT2D eigenvalue weighted by Crippen LogP contribution is -2.33. The summed E-state index contributed by atoms with van der Waals surface area (Å²) in [7, 11) is 4.17. The fraction of sp³-hybridized carbons (Fsp3) is 0.700. The van der Waals surface area contributed by atoms with Crippen LogP contribution in [0.25, 0.3) is 0 Å². The summed E-state index contributed by atoms with van der Waals surface area (Å²) in [4.78, 5) is 6.51. The van der Waals surface area contributed by atoms with Gasteiger partial charge in [-0.3, -0.25) is 4.90 Å². The number of aryl methyl sites for hydroxylation is 1. The second-order valence-corrected chi connectivity index (χ2v) is 4.08. The molecule has 4 nitrogen and oxygen atoms in total. The standard InChI is InChI=1S/C10H18N4/c1-13-7-12-6-10(13)9(5-11)14(2)8-3-4-8/h6-9H,3-5,11H2,1-2H3. The number of nitrogens with zero attached hydrogens (tertiary/aromatic N) is 3. The molecule has 1 aromatic heterocycles. The molecule has 2 rings (SSSR count). The van der Waals surface area contributed by atoms with Crippen molar-refractivity contribution in [3.8, 4) is 0 Å². The van der Waals surface area contributed by atoms with Gasteiger partial charge in [-0.1, -0.05) is 0 Å². The van der Waals surface area contributed by atoms with Gasteiger partial charge in [0.25, 0.3) is 0 Å². The van der Waals surface area contributed by atoms with Crippen molar-refractivity contribution in [2.24, 2.45) is 12.8 Å². The molecule has 0 bridgehead atoms. The smallest absolute Gasteiger partial charge is 0.0946 e. The van der Waals surface area contributed by atoms with E-state index >= 15 is 0 Å². The fourth-order valence-electron chi connectivity index (χ4n) is 1.92. The van der Waals surface area contributed by atoms with Crippen LogP contribution in [0.2, 0.25) is 0 Å². The van der Waals surface area contributed by atoms with Crippen molar-refractivity contribution in [2.45, 2.75) is 24.9 Å².